The molecule has 3 heteroatoms. The molecule has 1 unspecified atom stereocenters. The Hall–Kier alpha value is -0.120. The molecule has 1 aliphatic rings. The first kappa shape index (κ1) is 9.96. The molecule has 1 saturated carbocycles. The number of nitrogens with two attached hydrogens (primary N) is 1. The van der Waals surface area contributed by atoms with Gasteiger partial charge in [-0.15, -0.1) is 0 Å². The van der Waals surface area contributed by atoms with Crippen LogP contribution in [-0.2, 0) is 4.84 Å². The monoisotopic (exact) mass is 173 g/mol. The van der Waals surface area contributed by atoms with E-state index in [4.69, 9.17) is 5.90 Å². The number of hydrogen-bond donors (Lipinski definition) is 2. The topological polar surface area (TPSA) is 55.5 Å². The summed E-state index contributed by atoms with van der Waals surface area (Å²) in [6.45, 7) is 0.282. The van der Waals surface area contributed by atoms with Gasteiger partial charge in [-0.3, -0.25) is 0 Å². The summed E-state index contributed by atoms with van der Waals surface area (Å²) in [7, 11) is 0. The largest absolute Gasteiger partial charge is 0.390 e. The molecule has 0 aliphatic heterocycles. The summed E-state index contributed by atoms with van der Waals surface area (Å²) in [4.78, 5) is 4.45. The van der Waals surface area contributed by atoms with E-state index in [0.717, 1.165) is 12.8 Å². The Morgan fingerprint density at radius 3 is 2.33 bits per heavy atom. The van der Waals surface area contributed by atoms with Gasteiger partial charge in [0, 0.05) is 0 Å². The predicted octanol–water partition coefficient (Wildman–Crippen LogP) is 1.21. The molecule has 1 atom stereocenters. The summed E-state index contributed by atoms with van der Waals surface area (Å²) >= 11 is 0. The minimum atomic E-state index is -0.354. The van der Waals surface area contributed by atoms with Crippen molar-refractivity contribution in [2.45, 2.75) is 44.6 Å². The molecular formula is C9H19NO2. The van der Waals surface area contributed by atoms with Crippen molar-refractivity contribution >= 4 is 0 Å². The van der Waals surface area contributed by atoms with Gasteiger partial charge < -0.3 is 9.94 Å². The van der Waals surface area contributed by atoms with E-state index in [1.54, 1.807) is 0 Å². The lowest BCUT2D eigenvalue weighted by atomic mass is 9.94. The highest BCUT2D eigenvalue weighted by atomic mass is 16.6. The lowest BCUT2D eigenvalue weighted by molar-refractivity contribution is 0.000176. The van der Waals surface area contributed by atoms with Crippen LogP contribution in [0.15, 0.2) is 0 Å². The van der Waals surface area contributed by atoms with E-state index in [0.29, 0.717) is 5.92 Å². The van der Waals surface area contributed by atoms with Crippen LogP contribution in [0, 0.1) is 5.92 Å². The van der Waals surface area contributed by atoms with Crippen molar-refractivity contribution in [1.82, 2.24) is 0 Å². The molecule has 0 amide bonds. The van der Waals surface area contributed by atoms with Crippen LogP contribution in [0.4, 0.5) is 0 Å². The lowest BCUT2D eigenvalue weighted by Crippen LogP contribution is -2.26. The normalized spacial score (nSPS) is 23.5. The summed E-state index contributed by atoms with van der Waals surface area (Å²) in [5.74, 6) is 5.33. The number of hydrogen-bond acceptors (Lipinski definition) is 3. The Labute approximate surface area is 73.9 Å². The Balaban J connectivity index is 2.27. The summed E-state index contributed by atoms with van der Waals surface area (Å²) in [6, 6.07) is 0. The van der Waals surface area contributed by atoms with Crippen molar-refractivity contribution in [3.63, 3.8) is 0 Å². The van der Waals surface area contributed by atoms with Crippen LogP contribution in [0.3, 0.4) is 0 Å². The van der Waals surface area contributed by atoms with E-state index in [1.807, 2.05) is 0 Å². The van der Waals surface area contributed by atoms with Crippen LogP contribution in [0.1, 0.15) is 38.5 Å². The van der Waals surface area contributed by atoms with Gasteiger partial charge in [-0.05, 0) is 18.8 Å². The zero-order valence-corrected chi connectivity index (χ0v) is 7.54. The van der Waals surface area contributed by atoms with E-state index in [-0.39, 0.29) is 12.7 Å². The number of aliphatic hydroxyl groups excluding tert-OH is 1. The molecule has 3 N–H and O–H groups in total. The third kappa shape index (κ3) is 3.09. The second-order valence-electron chi connectivity index (χ2n) is 3.65. The molecule has 0 aromatic heterocycles. The average Bonchev–Trinajstić information content (AvgIpc) is 2.32. The molecule has 0 heterocycles. The first-order chi connectivity index (χ1) is 5.84. The smallest absolute Gasteiger partial charge is 0.0941 e. The van der Waals surface area contributed by atoms with Crippen molar-refractivity contribution in [2.24, 2.45) is 11.8 Å². The highest BCUT2D eigenvalue weighted by Crippen LogP contribution is 2.25. The number of rotatable bonds is 3. The lowest BCUT2D eigenvalue weighted by Gasteiger charge is -2.19. The van der Waals surface area contributed by atoms with Gasteiger partial charge >= 0.3 is 0 Å². The van der Waals surface area contributed by atoms with Crippen molar-refractivity contribution in [3.8, 4) is 0 Å². The maximum Gasteiger partial charge on any atom is 0.0941 e. The van der Waals surface area contributed by atoms with Crippen LogP contribution in [0.5, 0.6) is 0 Å². The molecule has 1 rings (SSSR count). The minimum absolute atomic E-state index is 0.282. The molecule has 72 valence electrons. The molecule has 0 aromatic rings. The van der Waals surface area contributed by atoms with Crippen LogP contribution in [0.25, 0.3) is 0 Å². The second kappa shape index (κ2) is 5.51. The zero-order chi connectivity index (χ0) is 8.81. The summed E-state index contributed by atoms with van der Waals surface area (Å²) in [6.07, 6.45) is 7.01. The first-order valence-corrected chi connectivity index (χ1v) is 4.84. The Kier molecular flexibility index (Phi) is 4.58. The highest BCUT2D eigenvalue weighted by Gasteiger charge is 2.20. The maximum atomic E-state index is 9.59. The number of aliphatic hydroxyl groups is 1. The van der Waals surface area contributed by atoms with Crippen LogP contribution >= 0.6 is 0 Å². The van der Waals surface area contributed by atoms with Gasteiger partial charge in [-0.2, -0.15) is 0 Å². The van der Waals surface area contributed by atoms with Gasteiger partial charge in [0.05, 0.1) is 12.7 Å². The first-order valence-electron chi connectivity index (χ1n) is 4.84. The third-order valence-electron chi connectivity index (χ3n) is 2.71. The summed E-state index contributed by atoms with van der Waals surface area (Å²) in [5, 5.41) is 9.59. The fraction of sp³-hybridized carbons (Fsp3) is 1.00. The molecule has 1 aliphatic carbocycles. The van der Waals surface area contributed by atoms with Gasteiger partial charge in [0.2, 0.25) is 0 Å². The minimum Gasteiger partial charge on any atom is -0.390 e. The summed E-state index contributed by atoms with van der Waals surface area (Å²) in [5.41, 5.74) is 0. The predicted molar refractivity (Wildman–Crippen MR) is 47.3 cm³/mol. The quantitative estimate of drug-likeness (QED) is 0.498. The fourth-order valence-electron chi connectivity index (χ4n) is 1.93. The van der Waals surface area contributed by atoms with Gasteiger partial charge in [-0.25, -0.2) is 5.90 Å². The highest BCUT2D eigenvalue weighted by molar-refractivity contribution is 4.71. The zero-order valence-electron chi connectivity index (χ0n) is 7.54. The second-order valence-corrected chi connectivity index (χ2v) is 3.65. The van der Waals surface area contributed by atoms with E-state index >= 15 is 0 Å². The fourth-order valence-corrected chi connectivity index (χ4v) is 1.93. The maximum absolute atomic E-state index is 9.59. The average molecular weight is 173 g/mol. The molecule has 3 nitrogen and oxygen atoms in total. The van der Waals surface area contributed by atoms with E-state index in [2.05, 4.69) is 4.84 Å². The molecule has 0 spiro atoms. The van der Waals surface area contributed by atoms with E-state index in [1.165, 1.54) is 25.7 Å². The van der Waals surface area contributed by atoms with Crippen LogP contribution in [0.2, 0.25) is 0 Å². The molecule has 0 aromatic carbocycles. The van der Waals surface area contributed by atoms with Crippen LogP contribution < -0.4 is 5.90 Å². The van der Waals surface area contributed by atoms with Gasteiger partial charge in [0.15, 0.2) is 0 Å². The SMILES string of the molecule is NOCC(O)C1CCCCCC1. The molecular weight excluding hydrogens is 154 g/mol. The van der Waals surface area contributed by atoms with Gasteiger partial charge in [0.1, 0.15) is 0 Å². The Bertz CT molecular complexity index is 111. The molecule has 12 heavy (non-hydrogen) atoms. The van der Waals surface area contributed by atoms with Crippen molar-refractivity contribution < 1.29 is 9.94 Å². The Morgan fingerprint density at radius 1 is 1.25 bits per heavy atom. The van der Waals surface area contributed by atoms with Crippen molar-refractivity contribution in [3.05, 3.63) is 0 Å². The van der Waals surface area contributed by atoms with Crippen LogP contribution in [-0.4, -0.2) is 17.8 Å². The van der Waals surface area contributed by atoms with E-state index in [9.17, 15) is 5.11 Å². The molecule has 0 bridgehead atoms. The standard InChI is InChI=1S/C9H19NO2/c10-12-7-9(11)8-5-3-1-2-4-6-8/h8-9,11H,1-7,10H2. The molecule has 0 radical (unpaired) electrons. The van der Waals surface area contributed by atoms with Crippen molar-refractivity contribution in [1.29, 1.82) is 0 Å². The van der Waals surface area contributed by atoms with Gasteiger partial charge in [0.25, 0.3) is 0 Å². The van der Waals surface area contributed by atoms with Crippen molar-refractivity contribution in [2.75, 3.05) is 6.61 Å². The molecule has 1 fully saturated rings. The van der Waals surface area contributed by atoms with Gasteiger partial charge in [-0.1, -0.05) is 25.7 Å². The Morgan fingerprint density at radius 2 is 1.83 bits per heavy atom. The van der Waals surface area contributed by atoms with E-state index < -0.39 is 0 Å². The summed E-state index contributed by atoms with van der Waals surface area (Å²) < 4.78 is 0. The molecule has 0 saturated heterocycles. The third-order valence-corrected chi connectivity index (χ3v) is 2.71.